The molecule has 23 heavy (non-hydrogen) atoms. The summed E-state index contributed by atoms with van der Waals surface area (Å²) in [5.74, 6) is 0. The number of carbonyl (C=O) groups excluding carboxylic acids is 1. The van der Waals surface area contributed by atoms with Gasteiger partial charge in [0.25, 0.3) is 0 Å². The summed E-state index contributed by atoms with van der Waals surface area (Å²) in [5.41, 5.74) is 1.21. The number of amides is 1. The highest BCUT2D eigenvalue weighted by atomic mass is 16.6. The highest BCUT2D eigenvalue weighted by Gasteiger charge is 2.29. The molecule has 2 aliphatic rings. The molecule has 0 unspecified atom stereocenters. The van der Waals surface area contributed by atoms with Crippen molar-refractivity contribution in [2.45, 2.75) is 25.8 Å². The van der Waals surface area contributed by atoms with Gasteiger partial charge in [-0.1, -0.05) is 0 Å². The maximum Gasteiger partial charge on any atom is 0.409 e. The van der Waals surface area contributed by atoms with Crippen molar-refractivity contribution in [3.63, 3.8) is 0 Å². The molecule has 1 amide bonds. The van der Waals surface area contributed by atoms with Crippen LogP contribution in [0.25, 0.3) is 0 Å². The van der Waals surface area contributed by atoms with E-state index in [2.05, 4.69) is 20.9 Å². The lowest BCUT2D eigenvalue weighted by atomic mass is 10.0. The van der Waals surface area contributed by atoms with E-state index in [1.807, 2.05) is 30.3 Å². The summed E-state index contributed by atoms with van der Waals surface area (Å²) in [5, 5.41) is 0. The molecule has 0 aromatic carbocycles. The Morgan fingerprint density at radius 3 is 2.57 bits per heavy atom. The maximum atomic E-state index is 11.8. The molecule has 126 valence electrons. The number of hydrogen-bond donors (Lipinski definition) is 0. The van der Waals surface area contributed by atoms with Gasteiger partial charge >= 0.3 is 6.09 Å². The summed E-state index contributed by atoms with van der Waals surface area (Å²) in [7, 11) is 0. The van der Waals surface area contributed by atoms with Crippen LogP contribution in [0.1, 0.15) is 19.8 Å². The van der Waals surface area contributed by atoms with Gasteiger partial charge in [0.15, 0.2) is 0 Å². The number of piperidine rings is 1. The Morgan fingerprint density at radius 2 is 1.96 bits per heavy atom. The molecule has 3 rings (SSSR count). The number of anilines is 1. The predicted molar refractivity (Wildman–Crippen MR) is 89.6 cm³/mol. The second-order valence-corrected chi connectivity index (χ2v) is 6.15. The average Bonchev–Trinajstić information content (AvgIpc) is 2.63. The van der Waals surface area contributed by atoms with Crippen molar-refractivity contribution in [3.05, 3.63) is 24.5 Å². The Kier molecular flexibility index (Phi) is 5.33. The first kappa shape index (κ1) is 16.1. The summed E-state index contributed by atoms with van der Waals surface area (Å²) in [6.07, 6.45) is 5.69. The van der Waals surface area contributed by atoms with Gasteiger partial charge in [-0.15, -0.1) is 0 Å². The molecule has 2 aliphatic heterocycles. The molecular formula is C17H26N4O2. The minimum Gasteiger partial charge on any atom is -0.450 e. The highest BCUT2D eigenvalue weighted by Crippen LogP contribution is 2.21. The quantitative estimate of drug-likeness (QED) is 0.851. The Hall–Kier alpha value is -1.82. The molecule has 0 saturated carbocycles. The van der Waals surface area contributed by atoms with Crippen molar-refractivity contribution in [1.29, 1.82) is 0 Å². The molecule has 0 bridgehead atoms. The van der Waals surface area contributed by atoms with Crippen LogP contribution in [0.4, 0.5) is 10.5 Å². The van der Waals surface area contributed by atoms with E-state index in [0.29, 0.717) is 12.6 Å². The van der Waals surface area contributed by atoms with Gasteiger partial charge < -0.3 is 14.5 Å². The van der Waals surface area contributed by atoms with Crippen LogP contribution < -0.4 is 4.90 Å². The number of aromatic nitrogens is 1. The second-order valence-electron chi connectivity index (χ2n) is 6.15. The van der Waals surface area contributed by atoms with E-state index in [-0.39, 0.29) is 6.09 Å². The molecule has 0 aliphatic carbocycles. The van der Waals surface area contributed by atoms with Crippen LogP contribution in [0.2, 0.25) is 0 Å². The molecule has 0 radical (unpaired) electrons. The number of piperazine rings is 1. The van der Waals surface area contributed by atoms with Crippen LogP contribution in [0.5, 0.6) is 0 Å². The summed E-state index contributed by atoms with van der Waals surface area (Å²) in [6, 6.07) is 4.71. The normalized spacial score (nSPS) is 20.6. The average molecular weight is 318 g/mol. The van der Waals surface area contributed by atoms with Crippen LogP contribution in [0.3, 0.4) is 0 Å². The van der Waals surface area contributed by atoms with E-state index in [4.69, 9.17) is 4.74 Å². The van der Waals surface area contributed by atoms with Crippen molar-refractivity contribution >= 4 is 11.8 Å². The zero-order chi connectivity index (χ0) is 16.1. The first-order valence-electron chi connectivity index (χ1n) is 8.58. The largest absolute Gasteiger partial charge is 0.450 e. The summed E-state index contributed by atoms with van der Waals surface area (Å²) in [6.45, 7) is 8.19. The Labute approximate surface area is 138 Å². The van der Waals surface area contributed by atoms with Crippen LogP contribution >= 0.6 is 0 Å². The van der Waals surface area contributed by atoms with Crippen molar-refractivity contribution < 1.29 is 9.53 Å². The van der Waals surface area contributed by atoms with Crippen LogP contribution in [0, 0.1) is 0 Å². The van der Waals surface area contributed by atoms with Crippen molar-refractivity contribution in [3.8, 4) is 0 Å². The zero-order valence-electron chi connectivity index (χ0n) is 13.9. The molecule has 2 fully saturated rings. The molecule has 2 saturated heterocycles. The van der Waals surface area contributed by atoms with E-state index in [1.165, 1.54) is 5.69 Å². The monoisotopic (exact) mass is 318 g/mol. The third kappa shape index (κ3) is 3.93. The lowest BCUT2D eigenvalue weighted by molar-refractivity contribution is 0.0729. The molecule has 0 N–H and O–H groups in total. The lowest BCUT2D eigenvalue weighted by Gasteiger charge is -2.43. The molecule has 1 aromatic rings. The van der Waals surface area contributed by atoms with Gasteiger partial charge in [-0.05, 0) is 31.9 Å². The van der Waals surface area contributed by atoms with E-state index in [0.717, 1.165) is 52.1 Å². The van der Waals surface area contributed by atoms with Gasteiger partial charge in [-0.2, -0.15) is 0 Å². The van der Waals surface area contributed by atoms with Gasteiger partial charge in [0.05, 0.1) is 18.5 Å². The SMILES string of the molecule is CCOC(=O)N1CCC(N2CCN(c3cccnc3)CC2)CC1. The van der Waals surface area contributed by atoms with Gasteiger partial charge in [0.1, 0.15) is 0 Å². The molecule has 1 aromatic heterocycles. The third-order valence-electron chi connectivity index (χ3n) is 4.83. The van der Waals surface area contributed by atoms with E-state index in [9.17, 15) is 4.79 Å². The number of nitrogens with zero attached hydrogens (tertiary/aromatic N) is 4. The van der Waals surface area contributed by atoms with Gasteiger partial charge in [-0.3, -0.25) is 9.88 Å². The lowest BCUT2D eigenvalue weighted by Crippen LogP contribution is -2.53. The predicted octanol–water partition coefficient (Wildman–Crippen LogP) is 1.82. The van der Waals surface area contributed by atoms with E-state index in [1.54, 1.807) is 0 Å². The molecule has 6 nitrogen and oxygen atoms in total. The number of likely N-dealkylation sites (tertiary alicyclic amines) is 1. The zero-order valence-corrected chi connectivity index (χ0v) is 13.9. The minimum absolute atomic E-state index is 0.160. The topological polar surface area (TPSA) is 48.9 Å². The third-order valence-corrected chi connectivity index (χ3v) is 4.83. The Balaban J connectivity index is 1.45. The molecule has 0 atom stereocenters. The van der Waals surface area contributed by atoms with Gasteiger partial charge in [0, 0.05) is 51.5 Å². The second kappa shape index (κ2) is 7.64. The Morgan fingerprint density at radius 1 is 1.22 bits per heavy atom. The summed E-state index contributed by atoms with van der Waals surface area (Å²) >= 11 is 0. The fourth-order valence-electron chi connectivity index (χ4n) is 3.51. The van der Waals surface area contributed by atoms with E-state index < -0.39 is 0 Å². The smallest absolute Gasteiger partial charge is 0.409 e. The first-order chi connectivity index (χ1) is 11.3. The number of hydrogen-bond acceptors (Lipinski definition) is 5. The maximum absolute atomic E-state index is 11.8. The van der Waals surface area contributed by atoms with Crippen LogP contribution in [-0.2, 0) is 4.74 Å². The molecular weight excluding hydrogens is 292 g/mol. The van der Waals surface area contributed by atoms with E-state index >= 15 is 0 Å². The highest BCUT2D eigenvalue weighted by molar-refractivity contribution is 5.67. The van der Waals surface area contributed by atoms with Crippen LogP contribution in [0.15, 0.2) is 24.5 Å². The minimum atomic E-state index is -0.160. The fraction of sp³-hybridized carbons (Fsp3) is 0.647. The van der Waals surface area contributed by atoms with Crippen molar-refractivity contribution in [2.24, 2.45) is 0 Å². The van der Waals surface area contributed by atoms with Crippen molar-refractivity contribution in [1.82, 2.24) is 14.8 Å². The number of pyridine rings is 1. The standard InChI is InChI=1S/C17H26N4O2/c1-2-23-17(22)21-8-5-15(6-9-21)19-10-12-20(13-11-19)16-4-3-7-18-14-16/h3-4,7,14-15H,2,5-6,8-13H2,1H3. The first-order valence-corrected chi connectivity index (χ1v) is 8.58. The molecule has 0 spiro atoms. The summed E-state index contributed by atoms with van der Waals surface area (Å²) in [4.78, 5) is 22.8. The van der Waals surface area contributed by atoms with Crippen LogP contribution in [-0.4, -0.2) is 72.8 Å². The fourth-order valence-corrected chi connectivity index (χ4v) is 3.51. The van der Waals surface area contributed by atoms with Gasteiger partial charge in [-0.25, -0.2) is 4.79 Å². The number of rotatable bonds is 3. The number of ether oxygens (including phenoxy) is 1. The molecule has 6 heteroatoms. The molecule has 3 heterocycles. The number of carbonyl (C=O) groups is 1. The Bertz CT molecular complexity index is 495. The van der Waals surface area contributed by atoms with Gasteiger partial charge in [0.2, 0.25) is 0 Å². The summed E-state index contributed by atoms with van der Waals surface area (Å²) < 4.78 is 5.09. The van der Waals surface area contributed by atoms with Crippen molar-refractivity contribution in [2.75, 3.05) is 50.8 Å².